The number of aromatic nitrogens is 2. The molecule has 1 aromatic heterocycles. The summed E-state index contributed by atoms with van der Waals surface area (Å²) in [4.78, 5) is 12.0. The van der Waals surface area contributed by atoms with Gasteiger partial charge in [-0.15, -0.1) is 0 Å². The standard InChI is InChI=1S/C13H13IN4O3/c1-7(9-5-8(19)3-4-11(9)20)15-16-13(21)12-10(14)6-18(2)17-12/h3-6,19-20H,1-2H3,(H,16,21)/b15-7-. The van der Waals surface area contributed by atoms with E-state index in [9.17, 15) is 15.0 Å². The van der Waals surface area contributed by atoms with Crippen LogP contribution in [0.1, 0.15) is 23.0 Å². The summed E-state index contributed by atoms with van der Waals surface area (Å²) in [5, 5.41) is 27.1. The number of aryl methyl sites for hydroxylation is 1. The first-order chi connectivity index (χ1) is 9.88. The molecule has 0 fully saturated rings. The Labute approximate surface area is 134 Å². The highest BCUT2D eigenvalue weighted by Crippen LogP contribution is 2.22. The highest BCUT2D eigenvalue weighted by molar-refractivity contribution is 14.1. The van der Waals surface area contributed by atoms with Crippen molar-refractivity contribution in [3.63, 3.8) is 0 Å². The molecule has 0 spiro atoms. The summed E-state index contributed by atoms with van der Waals surface area (Å²) < 4.78 is 2.24. The van der Waals surface area contributed by atoms with Crippen molar-refractivity contribution in [1.82, 2.24) is 15.2 Å². The van der Waals surface area contributed by atoms with Crippen LogP contribution in [0.3, 0.4) is 0 Å². The van der Waals surface area contributed by atoms with Crippen LogP contribution in [-0.4, -0.2) is 31.6 Å². The maximum absolute atomic E-state index is 12.0. The number of hydrogen-bond donors (Lipinski definition) is 3. The molecule has 21 heavy (non-hydrogen) atoms. The topological polar surface area (TPSA) is 99.7 Å². The van der Waals surface area contributed by atoms with Gasteiger partial charge < -0.3 is 10.2 Å². The van der Waals surface area contributed by atoms with E-state index in [2.05, 4.69) is 15.6 Å². The van der Waals surface area contributed by atoms with E-state index in [1.807, 2.05) is 22.6 Å². The normalized spacial score (nSPS) is 11.5. The van der Waals surface area contributed by atoms with Gasteiger partial charge in [-0.2, -0.15) is 10.2 Å². The Hall–Kier alpha value is -2.10. The Morgan fingerprint density at radius 1 is 1.43 bits per heavy atom. The van der Waals surface area contributed by atoms with Crippen LogP contribution in [0.15, 0.2) is 29.5 Å². The van der Waals surface area contributed by atoms with Crippen molar-refractivity contribution in [2.45, 2.75) is 6.92 Å². The lowest BCUT2D eigenvalue weighted by Gasteiger charge is -2.05. The molecule has 1 heterocycles. The second-order valence-electron chi connectivity index (χ2n) is 4.34. The van der Waals surface area contributed by atoms with Crippen LogP contribution in [0.4, 0.5) is 0 Å². The minimum atomic E-state index is -0.445. The highest BCUT2D eigenvalue weighted by Gasteiger charge is 2.14. The molecule has 0 aliphatic heterocycles. The molecule has 110 valence electrons. The smallest absolute Gasteiger partial charge is 0.292 e. The van der Waals surface area contributed by atoms with E-state index in [0.717, 1.165) is 0 Å². The first kappa shape index (κ1) is 15.3. The van der Waals surface area contributed by atoms with E-state index in [4.69, 9.17) is 0 Å². The van der Waals surface area contributed by atoms with Crippen molar-refractivity contribution >= 4 is 34.2 Å². The van der Waals surface area contributed by atoms with Crippen molar-refractivity contribution < 1.29 is 15.0 Å². The molecule has 0 atom stereocenters. The molecule has 0 saturated heterocycles. The summed E-state index contributed by atoms with van der Waals surface area (Å²) in [6, 6.07) is 4.08. The third-order valence-electron chi connectivity index (χ3n) is 2.69. The number of carbonyl (C=O) groups is 1. The largest absolute Gasteiger partial charge is 0.508 e. The zero-order valence-corrected chi connectivity index (χ0v) is 13.5. The molecule has 2 rings (SSSR count). The number of phenolic OH excluding ortho intramolecular Hbond substituents is 2. The van der Waals surface area contributed by atoms with Crippen molar-refractivity contribution in [1.29, 1.82) is 0 Å². The Kier molecular flexibility index (Phi) is 4.46. The van der Waals surface area contributed by atoms with Gasteiger partial charge in [0.05, 0.1) is 9.28 Å². The van der Waals surface area contributed by atoms with E-state index in [0.29, 0.717) is 14.8 Å². The van der Waals surface area contributed by atoms with E-state index >= 15 is 0 Å². The van der Waals surface area contributed by atoms with Crippen molar-refractivity contribution in [2.75, 3.05) is 0 Å². The maximum Gasteiger partial charge on any atom is 0.292 e. The predicted octanol–water partition coefficient (Wildman–Crippen LogP) is 1.59. The number of nitrogens with one attached hydrogen (secondary N) is 1. The van der Waals surface area contributed by atoms with Crippen LogP contribution < -0.4 is 5.43 Å². The van der Waals surface area contributed by atoms with E-state index in [1.54, 1.807) is 20.2 Å². The number of benzene rings is 1. The zero-order chi connectivity index (χ0) is 15.6. The monoisotopic (exact) mass is 400 g/mol. The van der Waals surface area contributed by atoms with Crippen molar-refractivity contribution in [3.05, 3.63) is 39.2 Å². The molecule has 0 aliphatic rings. The van der Waals surface area contributed by atoms with Crippen LogP contribution in [0.2, 0.25) is 0 Å². The van der Waals surface area contributed by atoms with Crippen LogP contribution in [0, 0.1) is 3.57 Å². The number of aromatic hydroxyl groups is 2. The van der Waals surface area contributed by atoms with Gasteiger partial charge in [0.25, 0.3) is 5.91 Å². The summed E-state index contributed by atoms with van der Waals surface area (Å²) in [5.74, 6) is -0.474. The first-order valence-corrected chi connectivity index (χ1v) is 7.02. The second-order valence-corrected chi connectivity index (χ2v) is 5.50. The fourth-order valence-electron chi connectivity index (χ4n) is 1.68. The Morgan fingerprint density at radius 3 is 2.76 bits per heavy atom. The fraction of sp³-hybridized carbons (Fsp3) is 0.154. The third-order valence-corrected chi connectivity index (χ3v) is 3.48. The van der Waals surface area contributed by atoms with E-state index < -0.39 is 5.91 Å². The van der Waals surface area contributed by atoms with Gasteiger partial charge in [-0.05, 0) is 47.7 Å². The molecule has 2 aromatic rings. The summed E-state index contributed by atoms with van der Waals surface area (Å²) in [7, 11) is 1.72. The van der Waals surface area contributed by atoms with E-state index in [-0.39, 0.29) is 17.2 Å². The Morgan fingerprint density at radius 2 is 2.14 bits per heavy atom. The van der Waals surface area contributed by atoms with Crippen molar-refractivity contribution in [2.24, 2.45) is 12.1 Å². The van der Waals surface area contributed by atoms with Gasteiger partial charge in [-0.1, -0.05) is 0 Å². The van der Waals surface area contributed by atoms with Gasteiger partial charge in [0.1, 0.15) is 11.5 Å². The average Bonchev–Trinajstić information content (AvgIpc) is 2.77. The average molecular weight is 400 g/mol. The Balaban J connectivity index is 2.19. The number of carbonyl (C=O) groups excluding carboxylic acids is 1. The molecule has 0 aliphatic carbocycles. The maximum atomic E-state index is 12.0. The van der Waals surface area contributed by atoms with Gasteiger partial charge in [0.2, 0.25) is 0 Å². The number of amides is 1. The summed E-state index contributed by atoms with van der Waals surface area (Å²) in [6.07, 6.45) is 1.72. The lowest BCUT2D eigenvalue weighted by Crippen LogP contribution is -2.21. The highest BCUT2D eigenvalue weighted by atomic mass is 127. The van der Waals surface area contributed by atoms with Crippen LogP contribution in [0.25, 0.3) is 0 Å². The lowest BCUT2D eigenvalue weighted by molar-refractivity contribution is 0.0948. The zero-order valence-electron chi connectivity index (χ0n) is 11.3. The van der Waals surface area contributed by atoms with Gasteiger partial charge in [-0.25, -0.2) is 5.43 Å². The fourth-order valence-corrected chi connectivity index (χ4v) is 2.43. The van der Waals surface area contributed by atoms with Crippen LogP contribution in [-0.2, 0) is 7.05 Å². The van der Waals surface area contributed by atoms with Crippen LogP contribution in [0.5, 0.6) is 11.5 Å². The summed E-state index contributed by atoms with van der Waals surface area (Å²) in [5.41, 5.74) is 3.35. The summed E-state index contributed by atoms with van der Waals surface area (Å²) in [6.45, 7) is 1.61. The molecule has 0 saturated carbocycles. The number of rotatable bonds is 3. The SMILES string of the molecule is C/C(=N/NC(=O)c1nn(C)cc1I)c1cc(O)ccc1O. The lowest BCUT2D eigenvalue weighted by atomic mass is 10.1. The molecule has 3 N–H and O–H groups in total. The summed E-state index contributed by atoms with van der Waals surface area (Å²) >= 11 is 2.01. The van der Waals surface area contributed by atoms with Gasteiger partial charge in [0.15, 0.2) is 5.69 Å². The number of phenols is 2. The number of nitrogens with zero attached hydrogens (tertiary/aromatic N) is 3. The quantitative estimate of drug-likeness (QED) is 0.315. The molecule has 8 heteroatoms. The van der Waals surface area contributed by atoms with E-state index in [1.165, 1.54) is 22.9 Å². The minimum Gasteiger partial charge on any atom is -0.508 e. The molecule has 0 radical (unpaired) electrons. The number of hydrazone groups is 1. The molecular formula is C13H13IN4O3. The molecule has 7 nitrogen and oxygen atoms in total. The second kappa shape index (κ2) is 6.12. The first-order valence-electron chi connectivity index (χ1n) is 5.94. The molecule has 1 amide bonds. The third kappa shape index (κ3) is 3.51. The molecular weight excluding hydrogens is 387 g/mol. The van der Waals surface area contributed by atoms with Crippen LogP contribution >= 0.6 is 22.6 Å². The molecule has 0 unspecified atom stereocenters. The molecule has 1 aromatic carbocycles. The minimum absolute atomic E-state index is 0.00273. The van der Waals surface area contributed by atoms with Gasteiger partial charge in [-0.3, -0.25) is 9.48 Å². The Bertz CT molecular complexity index is 724. The van der Waals surface area contributed by atoms with Gasteiger partial charge in [0, 0.05) is 18.8 Å². The molecule has 0 bridgehead atoms. The van der Waals surface area contributed by atoms with Gasteiger partial charge >= 0.3 is 0 Å². The number of halogens is 1. The number of hydrogen-bond acceptors (Lipinski definition) is 5. The predicted molar refractivity (Wildman–Crippen MR) is 85.4 cm³/mol. The van der Waals surface area contributed by atoms with Crippen molar-refractivity contribution in [3.8, 4) is 11.5 Å².